The van der Waals surface area contributed by atoms with E-state index in [1.165, 1.54) is 21.5 Å². The standard InChI is InChI=1S/C24H13N3/c1-25-21-14-12-17(15-22(21)26-2)27-23-10-6-5-9-19(23)20-13-11-16-7-3-4-8-18(16)24(20)27/h3-15H. The molecule has 5 rings (SSSR count). The molecule has 0 saturated heterocycles. The Hall–Kier alpha value is -4.08. The van der Waals surface area contributed by atoms with Gasteiger partial charge in [-0.1, -0.05) is 66.7 Å². The Kier molecular flexibility index (Phi) is 3.22. The molecule has 3 heteroatoms. The fraction of sp³-hybridized carbons (Fsp3) is 0. The van der Waals surface area contributed by atoms with E-state index in [4.69, 9.17) is 13.1 Å². The fourth-order valence-electron chi connectivity index (χ4n) is 3.83. The molecule has 3 nitrogen and oxygen atoms in total. The van der Waals surface area contributed by atoms with E-state index in [2.05, 4.69) is 56.7 Å². The lowest BCUT2D eigenvalue weighted by Crippen LogP contribution is -1.94. The minimum atomic E-state index is 0.383. The molecule has 0 radical (unpaired) electrons. The number of fused-ring (bicyclic) bond motifs is 5. The molecular formula is C24H13N3. The Morgan fingerprint density at radius 3 is 2.19 bits per heavy atom. The van der Waals surface area contributed by atoms with Crippen LogP contribution in [-0.2, 0) is 0 Å². The summed E-state index contributed by atoms with van der Waals surface area (Å²) < 4.78 is 2.20. The molecule has 1 heterocycles. The zero-order valence-electron chi connectivity index (χ0n) is 14.3. The Morgan fingerprint density at radius 2 is 1.37 bits per heavy atom. The van der Waals surface area contributed by atoms with Crippen LogP contribution in [0.5, 0.6) is 0 Å². The second-order valence-corrected chi connectivity index (χ2v) is 6.43. The highest BCUT2D eigenvalue weighted by Crippen LogP contribution is 2.38. The maximum Gasteiger partial charge on any atom is 0.196 e. The van der Waals surface area contributed by atoms with Gasteiger partial charge in [-0.15, -0.1) is 0 Å². The molecular weight excluding hydrogens is 330 g/mol. The topological polar surface area (TPSA) is 13.6 Å². The van der Waals surface area contributed by atoms with Crippen LogP contribution in [0.2, 0.25) is 0 Å². The SMILES string of the molecule is [C-]#[N+]c1ccc(-n2c3ccccc3c3ccc4ccccc4c32)cc1[N+]#[C-]. The lowest BCUT2D eigenvalue weighted by atomic mass is 10.1. The third-order valence-electron chi connectivity index (χ3n) is 5.02. The quantitative estimate of drug-likeness (QED) is 0.290. The monoisotopic (exact) mass is 343 g/mol. The highest BCUT2D eigenvalue weighted by molar-refractivity contribution is 6.18. The Labute approximate surface area is 156 Å². The largest absolute Gasteiger partial charge is 0.310 e. The van der Waals surface area contributed by atoms with Crippen molar-refractivity contribution in [3.63, 3.8) is 0 Å². The van der Waals surface area contributed by atoms with Crippen LogP contribution in [0.3, 0.4) is 0 Å². The van der Waals surface area contributed by atoms with E-state index >= 15 is 0 Å². The Morgan fingerprint density at radius 1 is 0.630 bits per heavy atom. The summed E-state index contributed by atoms with van der Waals surface area (Å²) in [5, 5.41) is 4.71. The van der Waals surface area contributed by atoms with Crippen molar-refractivity contribution in [1.82, 2.24) is 4.57 Å². The van der Waals surface area contributed by atoms with E-state index in [0.717, 1.165) is 16.7 Å². The average molecular weight is 343 g/mol. The van der Waals surface area contributed by atoms with Crippen molar-refractivity contribution >= 4 is 44.0 Å². The number of nitrogens with zero attached hydrogens (tertiary/aromatic N) is 3. The van der Waals surface area contributed by atoms with Crippen LogP contribution in [0, 0.1) is 13.1 Å². The van der Waals surface area contributed by atoms with Gasteiger partial charge in [-0.2, -0.15) is 0 Å². The third-order valence-corrected chi connectivity index (χ3v) is 5.02. The van der Waals surface area contributed by atoms with Crippen LogP contribution in [0.25, 0.3) is 48.0 Å². The number of benzene rings is 4. The predicted octanol–water partition coefficient (Wildman–Crippen LogP) is 7.04. The normalized spacial score (nSPS) is 10.9. The van der Waals surface area contributed by atoms with Gasteiger partial charge >= 0.3 is 0 Å². The summed E-state index contributed by atoms with van der Waals surface area (Å²) in [4.78, 5) is 7.02. The van der Waals surface area contributed by atoms with Crippen LogP contribution in [0.15, 0.2) is 78.9 Å². The summed E-state index contributed by atoms with van der Waals surface area (Å²) in [7, 11) is 0. The van der Waals surface area contributed by atoms with Crippen LogP contribution in [0.4, 0.5) is 11.4 Å². The third kappa shape index (κ3) is 2.13. The van der Waals surface area contributed by atoms with Crippen LogP contribution in [0.1, 0.15) is 0 Å². The lowest BCUT2D eigenvalue weighted by Gasteiger charge is -2.11. The van der Waals surface area contributed by atoms with Gasteiger partial charge in [-0.25, -0.2) is 0 Å². The molecule has 0 aliphatic carbocycles. The minimum absolute atomic E-state index is 0.383. The van der Waals surface area contributed by atoms with E-state index in [1.807, 2.05) is 30.3 Å². The Bertz CT molecular complexity index is 1440. The van der Waals surface area contributed by atoms with Crippen molar-refractivity contribution in [1.29, 1.82) is 0 Å². The highest BCUT2D eigenvalue weighted by atomic mass is 15.0. The first-order valence-corrected chi connectivity index (χ1v) is 8.62. The van der Waals surface area contributed by atoms with Gasteiger partial charge in [0.1, 0.15) is 0 Å². The first kappa shape index (κ1) is 15.2. The summed E-state index contributed by atoms with van der Waals surface area (Å²) in [5.74, 6) is 0. The number of hydrogen-bond acceptors (Lipinski definition) is 0. The molecule has 4 aromatic carbocycles. The van der Waals surface area contributed by atoms with Crippen molar-refractivity contribution in [2.45, 2.75) is 0 Å². The zero-order valence-corrected chi connectivity index (χ0v) is 14.3. The molecule has 1 aromatic heterocycles. The molecule has 0 fully saturated rings. The number of rotatable bonds is 1. The van der Waals surface area contributed by atoms with Crippen molar-refractivity contribution in [3.05, 3.63) is 102 Å². The zero-order chi connectivity index (χ0) is 18.4. The summed E-state index contributed by atoms with van der Waals surface area (Å²) in [6.45, 7) is 14.7. The van der Waals surface area contributed by atoms with Crippen LogP contribution < -0.4 is 0 Å². The molecule has 0 aliphatic heterocycles. The predicted molar refractivity (Wildman–Crippen MR) is 111 cm³/mol. The molecule has 0 unspecified atom stereocenters. The fourth-order valence-corrected chi connectivity index (χ4v) is 3.83. The molecule has 0 amide bonds. The second-order valence-electron chi connectivity index (χ2n) is 6.43. The second kappa shape index (κ2) is 5.73. The molecule has 0 aliphatic rings. The minimum Gasteiger partial charge on any atom is -0.310 e. The van der Waals surface area contributed by atoms with Gasteiger partial charge in [-0.05, 0) is 17.5 Å². The van der Waals surface area contributed by atoms with Crippen molar-refractivity contribution in [2.24, 2.45) is 0 Å². The maximum absolute atomic E-state index is 7.44. The van der Waals surface area contributed by atoms with Gasteiger partial charge in [-0.3, -0.25) is 9.69 Å². The van der Waals surface area contributed by atoms with E-state index in [0.29, 0.717) is 11.4 Å². The van der Waals surface area contributed by atoms with Crippen LogP contribution >= 0.6 is 0 Å². The molecule has 0 atom stereocenters. The molecule has 124 valence electrons. The van der Waals surface area contributed by atoms with E-state index in [-0.39, 0.29) is 0 Å². The average Bonchev–Trinajstić information content (AvgIpc) is 3.08. The lowest BCUT2D eigenvalue weighted by molar-refractivity contribution is 1.19. The van der Waals surface area contributed by atoms with E-state index < -0.39 is 0 Å². The smallest absolute Gasteiger partial charge is 0.196 e. The summed E-state index contributed by atoms with van der Waals surface area (Å²) in [6, 6.07) is 26.5. The Balaban J connectivity index is 2.01. The van der Waals surface area contributed by atoms with Gasteiger partial charge in [0.05, 0.1) is 24.2 Å². The van der Waals surface area contributed by atoms with Crippen molar-refractivity contribution < 1.29 is 0 Å². The number of aromatic nitrogens is 1. The number of para-hydroxylation sites is 1. The van der Waals surface area contributed by atoms with Crippen molar-refractivity contribution in [2.75, 3.05) is 0 Å². The summed E-state index contributed by atoms with van der Waals surface area (Å²) in [5.41, 5.74) is 3.89. The van der Waals surface area contributed by atoms with Crippen molar-refractivity contribution in [3.8, 4) is 5.69 Å². The number of hydrogen-bond donors (Lipinski definition) is 0. The molecule has 0 spiro atoms. The van der Waals surface area contributed by atoms with E-state index in [9.17, 15) is 0 Å². The molecule has 0 saturated carbocycles. The molecule has 5 aromatic rings. The molecule has 27 heavy (non-hydrogen) atoms. The first-order chi connectivity index (χ1) is 13.3. The maximum atomic E-state index is 7.44. The van der Waals surface area contributed by atoms with Gasteiger partial charge in [0.2, 0.25) is 0 Å². The summed E-state index contributed by atoms with van der Waals surface area (Å²) >= 11 is 0. The van der Waals surface area contributed by atoms with E-state index in [1.54, 1.807) is 6.07 Å². The highest BCUT2D eigenvalue weighted by Gasteiger charge is 2.15. The van der Waals surface area contributed by atoms with Gasteiger partial charge in [0, 0.05) is 21.8 Å². The molecule has 0 N–H and O–H groups in total. The first-order valence-electron chi connectivity index (χ1n) is 8.62. The van der Waals surface area contributed by atoms with Crippen LogP contribution in [-0.4, -0.2) is 4.57 Å². The molecule has 0 bridgehead atoms. The van der Waals surface area contributed by atoms with Gasteiger partial charge in [0.15, 0.2) is 11.4 Å². The summed E-state index contributed by atoms with van der Waals surface area (Å²) in [6.07, 6.45) is 0. The van der Waals surface area contributed by atoms with Gasteiger partial charge < -0.3 is 4.57 Å². The van der Waals surface area contributed by atoms with Gasteiger partial charge in [0.25, 0.3) is 0 Å².